The Labute approximate surface area is 114 Å². The third-order valence-corrected chi connectivity index (χ3v) is 3.15. The first kappa shape index (κ1) is 13.6. The molecule has 0 radical (unpaired) electrons. The van der Waals surface area contributed by atoms with Crippen molar-refractivity contribution in [2.75, 3.05) is 11.9 Å². The van der Waals surface area contributed by atoms with Gasteiger partial charge in [-0.05, 0) is 43.5 Å². The van der Waals surface area contributed by atoms with E-state index in [1.807, 2.05) is 12.3 Å². The fourth-order valence-electron chi connectivity index (χ4n) is 2.13. The minimum atomic E-state index is 0.810. The molecule has 2 aromatic heterocycles. The predicted molar refractivity (Wildman–Crippen MR) is 78.5 cm³/mol. The van der Waals surface area contributed by atoms with E-state index in [-0.39, 0.29) is 0 Å². The van der Waals surface area contributed by atoms with E-state index in [0.717, 1.165) is 37.4 Å². The number of nitrogens with one attached hydrogen (secondary N) is 1. The van der Waals surface area contributed by atoms with E-state index in [0.29, 0.717) is 0 Å². The lowest BCUT2D eigenvalue weighted by Crippen LogP contribution is -2.07. The van der Waals surface area contributed by atoms with Crippen LogP contribution >= 0.6 is 0 Å². The standard InChI is InChI=1S/C15H22N4/c1-4-13-10-14(5-2)19(18-13)11-12-7-8-17-15(9-12)16-6-3/h7-10H,4-6,11H2,1-3H3,(H,16,17). The molecule has 19 heavy (non-hydrogen) atoms. The van der Waals surface area contributed by atoms with Gasteiger partial charge in [-0.25, -0.2) is 4.98 Å². The zero-order chi connectivity index (χ0) is 13.7. The van der Waals surface area contributed by atoms with E-state index in [1.54, 1.807) is 0 Å². The lowest BCUT2D eigenvalue weighted by atomic mass is 10.2. The number of pyridine rings is 1. The third kappa shape index (κ3) is 3.34. The lowest BCUT2D eigenvalue weighted by molar-refractivity contribution is 0.640. The molecule has 102 valence electrons. The summed E-state index contributed by atoms with van der Waals surface area (Å²) in [6.45, 7) is 8.08. The summed E-state index contributed by atoms with van der Waals surface area (Å²) in [6, 6.07) is 6.34. The van der Waals surface area contributed by atoms with Crippen molar-refractivity contribution < 1.29 is 0 Å². The summed E-state index contributed by atoms with van der Waals surface area (Å²) in [5.41, 5.74) is 3.68. The molecule has 0 spiro atoms. The monoisotopic (exact) mass is 258 g/mol. The highest BCUT2D eigenvalue weighted by molar-refractivity contribution is 5.37. The topological polar surface area (TPSA) is 42.7 Å². The summed E-state index contributed by atoms with van der Waals surface area (Å²) < 4.78 is 2.10. The number of hydrogen-bond acceptors (Lipinski definition) is 3. The Morgan fingerprint density at radius 3 is 2.68 bits per heavy atom. The van der Waals surface area contributed by atoms with E-state index < -0.39 is 0 Å². The summed E-state index contributed by atoms with van der Waals surface area (Å²) in [5.74, 6) is 0.931. The van der Waals surface area contributed by atoms with Gasteiger partial charge in [0.25, 0.3) is 0 Å². The van der Waals surface area contributed by atoms with Crippen molar-refractivity contribution in [3.8, 4) is 0 Å². The van der Waals surface area contributed by atoms with Crippen LogP contribution in [0.1, 0.15) is 37.7 Å². The van der Waals surface area contributed by atoms with Crippen molar-refractivity contribution in [1.29, 1.82) is 0 Å². The Morgan fingerprint density at radius 1 is 1.16 bits per heavy atom. The largest absolute Gasteiger partial charge is 0.370 e. The van der Waals surface area contributed by atoms with Crippen LogP contribution in [0.3, 0.4) is 0 Å². The van der Waals surface area contributed by atoms with Gasteiger partial charge in [-0.2, -0.15) is 5.10 Å². The van der Waals surface area contributed by atoms with Crippen molar-refractivity contribution >= 4 is 5.82 Å². The fourth-order valence-corrected chi connectivity index (χ4v) is 2.13. The maximum atomic E-state index is 4.65. The molecular weight excluding hydrogens is 236 g/mol. The van der Waals surface area contributed by atoms with E-state index >= 15 is 0 Å². The van der Waals surface area contributed by atoms with Gasteiger partial charge in [-0.1, -0.05) is 13.8 Å². The first-order valence-corrected chi connectivity index (χ1v) is 7.01. The molecule has 0 saturated heterocycles. The SMILES string of the molecule is CCNc1cc(Cn2nc(CC)cc2CC)ccn1. The van der Waals surface area contributed by atoms with Crippen molar-refractivity contribution in [2.24, 2.45) is 0 Å². The second-order valence-corrected chi connectivity index (χ2v) is 4.57. The molecule has 2 heterocycles. The zero-order valence-corrected chi connectivity index (χ0v) is 12.0. The average molecular weight is 258 g/mol. The molecule has 0 aliphatic rings. The van der Waals surface area contributed by atoms with Gasteiger partial charge in [0.2, 0.25) is 0 Å². The molecule has 0 fully saturated rings. The van der Waals surface area contributed by atoms with Gasteiger partial charge in [0, 0.05) is 18.4 Å². The molecule has 0 atom stereocenters. The molecule has 4 heteroatoms. The van der Waals surface area contributed by atoms with Gasteiger partial charge >= 0.3 is 0 Å². The van der Waals surface area contributed by atoms with E-state index in [1.165, 1.54) is 11.3 Å². The summed E-state index contributed by atoms with van der Waals surface area (Å²) in [5, 5.41) is 7.88. The number of anilines is 1. The number of aryl methyl sites for hydroxylation is 2. The van der Waals surface area contributed by atoms with Crippen molar-refractivity contribution in [3.05, 3.63) is 41.3 Å². The van der Waals surface area contributed by atoms with Crippen LogP contribution in [-0.4, -0.2) is 21.3 Å². The molecule has 0 bridgehead atoms. The van der Waals surface area contributed by atoms with Crippen LogP contribution in [0.5, 0.6) is 0 Å². The second kappa shape index (κ2) is 6.36. The zero-order valence-electron chi connectivity index (χ0n) is 12.0. The molecule has 0 unspecified atom stereocenters. The summed E-state index contributed by atoms with van der Waals surface area (Å²) in [6.07, 6.45) is 3.85. The van der Waals surface area contributed by atoms with Crippen LogP contribution in [0, 0.1) is 0 Å². The van der Waals surface area contributed by atoms with E-state index in [9.17, 15) is 0 Å². The van der Waals surface area contributed by atoms with Gasteiger partial charge < -0.3 is 5.32 Å². The summed E-state index contributed by atoms with van der Waals surface area (Å²) in [7, 11) is 0. The fraction of sp³-hybridized carbons (Fsp3) is 0.467. The van der Waals surface area contributed by atoms with Crippen LogP contribution in [0.2, 0.25) is 0 Å². The maximum Gasteiger partial charge on any atom is 0.126 e. The van der Waals surface area contributed by atoms with Crippen LogP contribution < -0.4 is 5.32 Å². The highest BCUT2D eigenvalue weighted by atomic mass is 15.3. The first-order chi connectivity index (χ1) is 9.26. The second-order valence-electron chi connectivity index (χ2n) is 4.57. The van der Waals surface area contributed by atoms with Crippen molar-refractivity contribution in [3.63, 3.8) is 0 Å². The van der Waals surface area contributed by atoms with E-state index in [4.69, 9.17) is 0 Å². The Bertz CT molecular complexity index is 531. The number of nitrogens with zero attached hydrogens (tertiary/aromatic N) is 3. The van der Waals surface area contributed by atoms with Crippen molar-refractivity contribution in [1.82, 2.24) is 14.8 Å². The van der Waals surface area contributed by atoms with Crippen LogP contribution in [-0.2, 0) is 19.4 Å². The third-order valence-electron chi connectivity index (χ3n) is 3.15. The van der Waals surface area contributed by atoms with Crippen LogP contribution in [0.15, 0.2) is 24.4 Å². The van der Waals surface area contributed by atoms with Crippen molar-refractivity contribution in [2.45, 2.75) is 40.2 Å². The highest BCUT2D eigenvalue weighted by Gasteiger charge is 2.06. The normalized spacial score (nSPS) is 10.7. The Hall–Kier alpha value is -1.84. The smallest absolute Gasteiger partial charge is 0.126 e. The Balaban J connectivity index is 2.20. The molecular formula is C15H22N4. The van der Waals surface area contributed by atoms with Gasteiger partial charge in [-0.3, -0.25) is 4.68 Å². The molecule has 4 nitrogen and oxygen atoms in total. The molecule has 1 N–H and O–H groups in total. The molecule has 2 aromatic rings. The summed E-state index contributed by atoms with van der Waals surface area (Å²) >= 11 is 0. The molecule has 0 aliphatic heterocycles. The van der Waals surface area contributed by atoms with E-state index in [2.05, 4.69) is 53.0 Å². The minimum absolute atomic E-state index is 0.810. The van der Waals surface area contributed by atoms with Crippen LogP contribution in [0.4, 0.5) is 5.82 Å². The number of hydrogen-bond donors (Lipinski definition) is 1. The Morgan fingerprint density at radius 2 is 2.00 bits per heavy atom. The first-order valence-electron chi connectivity index (χ1n) is 7.01. The van der Waals surface area contributed by atoms with Gasteiger partial charge in [0.15, 0.2) is 0 Å². The minimum Gasteiger partial charge on any atom is -0.370 e. The highest BCUT2D eigenvalue weighted by Crippen LogP contribution is 2.12. The van der Waals surface area contributed by atoms with Gasteiger partial charge in [0.1, 0.15) is 5.82 Å². The lowest BCUT2D eigenvalue weighted by Gasteiger charge is -2.08. The molecule has 0 aliphatic carbocycles. The predicted octanol–water partition coefficient (Wildman–Crippen LogP) is 2.88. The maximum absolute atomic E-state index is 4.65. The van der Waals surface area contributed by atoms with Gasteiger partial charge in [0.05, 0.1) is 12.2 Å². The molecule has 2 rings (SSSR count). The quantitative estimate of drug-likeness (QED) is 0.866. The Kier molecular flexibility index (Phi) is 4.55. The van der Waals surface area contributed by atoms with Crippen LogP contribution in [0.25, 0.3) is 0 Å². The molecule has 0 amide bonds. The molecule has 0 aromatic carbocycles. The number of rotatable bonds is 6. The average Bonchev–Trinajstić information content (AvgIpc) is 2.82. The molecule has 0 saturated carbocycles. The van der Waals surface area contributed by atoms with Gasteiger partial charge in [-0.15, -0.1) is 0 Å². The summed E-state index contributed by atoms with van der Waals surface area (Å²) in [4.78, 5) is 4.29. The number of aromatic nitrogens is 3.